The lowest BCUT2D eigenvalue weighted by Crippen LogP contribution is -2.23. The average molecular weight is 208 g/mol. The summed E-state index contributed by atoms with van der Waals surface area (Å²) in [7, 11) is 0. The second-order valence-electron chi connectivity index (χ2n) is 4.20. The summed E-state index contributed by atoms with van der Waals surface area (Å²) in [5.74, 6) is -0.307. The van der Waals surface area contributed by atoms with Crippen LogP contribution in [-0.4, -0.2) is 18.0 Å². The zero-order chi connectivity index (χ0) is 10.8. The molecule has 0 aliphatic carbocycles. The molecule has 1 heterocycles. The van der Waals surface area contributed by atoms with Gasteiger partial charge in [0.05, 0.1) is 5.69 Å². The van der Waals surface area contributed by atoms with Gasteiger partial charge in [-0.15, -0.1) is 0 Å². The largest absolute Gasteiger partial charge is 0.396 e. The van der Waals surface area contributed by atoms with Gasteiger partial charge in [-0.2, -0.15) is 0 Å². The summed E-state index contributed by atoms with van der Waals surface area (Å²) < 4.78 is 13.3. The van der Waals surface area contributed by atoms with Crippen LogP contribution >= 0.6 is 0 Å². The number of anilines is 1. The van der Waals surface area contributed by atoms with Gasteiger partial charge in [0.2, 0.25) is 0 Å². The van der Waals surface area contributed by atoms with Gasteiger partial charge in [-0.05, 0) is 50.6 Å². The molecule has 1 saturated heterocycles. The standard InChI is InChI=1S/C12H17FN2/c1-9(15-6-2-3-7-15)10-4-5-12(14)11(13)8-10/h4-5,8-9H,2-3,6-7,14H2,1H3. The van der Waals surface area contributed by atoms with Gasteiger partial charge < -0.3 is 5.73 Å². The molecule has 2 N–H and O–H groups in total. The Morgan fingerprint density at radius 1 is 1.33 bits per heavy atom. The third kappa shape index (κ3) is 2.12. The number of hydrogen-bond donors (Lipinski definition) is 1. The Hall–Kier alpha value is -1.09. The molecule has 0 bridgehead atoms. The number of nitrogens with two attached hydrogens (primary N) is 1. The molecule has 1 aromatic rings. The van der Waals surface area contributed by atoms with Crippen molar-refractivity contribution >= 4 is 5.69 Å². The van der Waals surface area contributed by atoms with E-state index < -0.39 is 0 Å². The summed E-state index contributed by atoms with van der Waals surface area (Å²) in [5.41, 5.74) is 6.70. The van der Waals surface area contributed by atoms with E-state index in [2.05, 4.69) is 11.8 Å². The second kappa shape index (κ2) is 4.19. The van der Waals surface area contributed by atoms with Crippen LogP contribution in [0.1, 0.15) is 31.4 Å². The number of rotatable bonds is 2. The highest BCUT2D eigenvalue weighted by Gasteiger charge is 2.19. The minimum Gasteiger partial charge on any atom is -0.396 e. The third-order valence-corrected chi connectivity index (χ3v) is 3.20. The highest BCUT2D eigenvalue weighted by atomic mass is 19.1. The van der Waals surface area contributed by atoms with Crippen molar-refractivity contribution in [1.29, 1.82) is 0 Å². The fourth-order valence-corrected chi connectivity index (χ4v) is 2.14. The van der Waals surface area contributed by atoms with Crippen molar-refractivity contribution in [2.45, 2.75) is 25.8 Å². The van der Waals surface area contributed by atoms with E-state index in [0.717, 1.165) is 18.7 Å². The molecule has 0 radical (unpaired) electrons. The van der Waals surface area contributed by atoms with Crippen LogP contribution in [0.25, 0.3) is 0 Å². The zero-order valence-corrected chi connectivity index (χ0v) is 9.04. The lowest BCUT2D eigenvalue weighted by molar-refractivity contribution is 0.263. The topological polar surface area (TPSA) is 29.3 Å². The predicted molar refractivity (Wildman–Crippen MR) is 60.0 cm³/mol. The van der Waals surface area contributed by atoms with E-state index in [9.17, 15) is 4.39 Å². The molecule has 0 aromatic heterocycles. The molecule has 3 heteroatoms. The molecule has 2 rings (SSSR count). The maximum Gasteiger partial charge on any atom is 0.146 e. The third-order valence-electron chi connectivity index (χ3n) is 3.20. The minimum atomic E-state index is -0.307. The van der Waals surface area contributed by atoms with E-state index in [4.69, 9.17) is 5.73 Å². The van der Waals surface area contributed by atoms with Gasteiger partial charge in [0.25, 0.3) is 0 Å². The molecule has 1 unspecified atom stereocenters. The quantitative estimate of drug-likeness (QED) is 0.757. The molecule has 1 fully saturated rings. The summed E-state index contributed by atoms with van der Waals surface area (Å²) in [5, 5.41) is 0. The molecule has 0 saturated carbocycles. The number of benzene rings is 1. The fourth-order valence-electron chi connectivity index (χ4n) is 2.14. The normalized spacial score (nSPS) is 19.3. The second-order valence-corrected chi connectivity index (χ2v) is 4.20. The van der Waals surface area contributed by atoms with Crippen molar-refractivity contribution in [3.63, 3.8) is 0 Å². The molecule has 1 aromatic carbocycles. The van der Waals surface area contributed by atoms with Crippen LogP contribution in [0.4, 0.5) is 10.1 Å². The first kappa shape index (κ1) is 10.4. The van der Waals surface area contributed by atoms with E-state index in [1.165, 1.54) is 12.8 Å². The van der Waals surface area contributed by atoms with Gasteiger partial charge in [0.15, 0.2) is 0 Å². The Morgan fingerprint density at radius 2 is 2.00 bits per heavy atom. The van der Waals surface area contributed by atoms with Gasteiger partial charge >= 0.3 is 0 Å². The molecular weight excluding hydrogens is 191 g/mol. The highest BCUT2D eigenvalue weighted by molar-refractivity contribution is 5.42. The Balaban J connectivity index is 2.17. The van der Waals surface area contributed by atoms with E-state index in [-0.39, 0.29) is 11.5 Å². The summed E-state index contributed by atoms with van der Waals surface area (Å²) in [6.07, 6.45) is 2.50. The Kier molecular flexibility index (Phi) is 2.91. The zero-order valence-electron chi connectivity index (χ0n) is 9.04. The van der Waals surface area contributed by atoms with Crippen LogP contribution in [0.2, 0.25) is 0 Å². The van der Waals surface area contributed by atoms with Crippen molar-refractivity contribution in [3.05, 3.63) is 29.6 Å². The van der Waals surface area contributed by atoms with E-state index in [1.54, 1.807) is 12.1 Å². The molecule has 15 heavy (non-hydrogen) atoms. The van der Waals surface area contributed by atoms with Crippen LogP contribution < -0.4 is 5.73 Å². The van der Waals surface area contributed by atoms with Crippen molar-refractivity contribution in [1.82, 2.24) is 4.90 Å². The van der Waals surface area contributed by atoms with Crippen LogP contribution in [0.5, 0.6) is 0 Å². The maximum absolute atomic E-state index is 13.3. The maximum atomic E-state index is 13.3. The smallest absolute Gasteiger partial charge is 0.146 e. The van der Waals surface area contributed by atoms with Crippen LogP contribution in [0, 0.1) is 5.82 Å². The molecule has 1 aliphatic rings. The van der Waals surface area contributed by atoms with E-state index >= 15 is 0 Å². The summed E-state index contributed by atoms with van der Waals surface area (Å²) in [6, 6.07) is 5.42. The highest BCUT2D eigenvalue weighted by Crippen LogP contribution is 2.26. The van der Waals surface area contributed by atoms with Gasteiger partial charge in [-0.3, -0.25) is 4.90 Å². The number of nitrogen functional groups attached to an aromatic ring is 1. The van der Waals surface area contributed by atoms with Gasteiger partial charge in [-0.25, -0.2) is 4.39 Å². The first-order chi connectivity index (χ1) is 7.18. The van der Waals surface area contributed by atoms with E-state index in [0.29, 0.717) is 6.04 Å². The lowest BCUT2D eigenvalue weighted by atomic mass is 10.1. The SMILES string of the molecule is CC(c1ccc(N)c(F)c1)N1CCCC1. The first-order valence-corrected chi connectivity index (χ1v) is 5.47. The molecule has 82 valence electrons. The molecule has 1 aliphatic heterocycles. The molecular formula is C12H17FN2. The summed E-state index contributed by atoms with van der Waals surface area (Å²) in [4.78, 5) is 2.38. The van der Waals surface area contributed by atoms with Gasteiger partial charge in [-0.1, -0.05) is 6.07 Å². The predicted octanol–water partition coefficient (Wildman–Crippen LogP) is 2.56. The summed E-state index contributed by atoms with van der Waals surface area (Å²) >= 11 is 0. The Morgan fingerprint density at radius 3 is 2.60 bits per heavy atom. The minimum absolute atomic E-state index is 0.229. The van der Waals surface area contributed by atoms with Crippen molar-refractivity contribution in [2.75, 3.05) is 18.8 Å². The average Bonchev–Trinajstić information content (AvgIpc) is 2.74. The Bertz CT molecular complexity index is 345. The number of halogens is 1. The van der Waals surface area contributed by atoms with E-state index in [1.807, 2.05) is 6.07 Å². The Labute approximate surface area is 89.9 Å². The monoisotopic (exact) mass is 208 g/mol. The van der Waals surface area contributed by atoms with Crippen molar-refractivity contribution < 1.29 is 4.39 Å². The molecule has 2 nitrogen and oxygen atoms in total. The van der Waals surface area contributed by atoms with Crippen LogP contribution in [0.15, 0.2) is 18.2 Å². The van der Waals surface area contributed by atoms with Gasteiger partial charge in [0, 0.05) is 6.04 Å². The molecule has 0 amide bonds. The molecule has 1 atom stereocenters. The fraction of sp³-hybridized carbons (Fsp3) is 0.500. The first-order valence-electron chi connectivity index (χ1n) is 5.47. The van der Waals surface area contributed by atoms with Crippen molar-refractivity contribution in [2.24, 2.45) is 0 Å². The number of nitrogens with zero attached hydrogens (tertiary/aromatic N) is 1. The molecule has 0 spiro atoms. The lowest BCUT2D eigenvalue weighted by Gasteiger charge is -2.24. The van der Waals surface area contributed by atoms with Crippen LogP contribution in [-0.2, 0) is 0 Å². The number of hydrogen-bond acceptors (Lipinski definition) is 2. The van der Waals surface area contributed by atoms with Crippen molar-refractivity contribution in [3.8, 4) is 0 Å². The van der Waals surface area contributed by atoms with Gasteiger partial charge in [0.1, 0.15) is 5.82 Å². The summed E-state index contributed by atoms with van der Waals surface area (Å²) in [6.45, 7) is 4.36. The number of likely N-dealkylation sites (tertiary alicyclic amines) is 1. The van der Waals surface area contributed by atoms with Crippen LogP contribution in [0.3, 0.4) is 0 Å².